The van der Waals surface area contributed by atoms with Crippen molar-refractivity contribution in [3.63, 3.8) is 0 Å². The summed E-state index contributed by atoms with van der Waals surface area (Å²) in [6.07, 6.45) is 0. The molecule has 25 aromatic rings. The number of benzene rings is 22. The average molecular weight is 1590 g/mol. The zero-order valence-corrected chi connectivity index (χ0v) is 65.4. The molecule has 22 aromatic carbocycles. The van der Waals surface area contributed by atoms with E-state index in [-0.39, 0.29) is 116 Å². The number of rotatable bonds is 7. The molecular weight excluding hydrogens is 1480 g/mol. The van der Waals surface area contributed by atoms with Gasteiger partial charge in [0.25, 0.3) is 0 Å². The molecule has 0 radical (unpaired) electrons. The van der Waals surface area contributed by atoms with E-state index >= 15 is 0 Å². The number of furan rings is 3. The first kappa shape index (κ1) is 44.9. The van der Waals surface area contributed by atoms with E-state index in [1.807, 2.05) is 128 Å². The van der Waals surface area contributed by atoms with Crippen molar-refractivity contribution in [3.8, 4) is 77.9 Å². The highest BCUT2D eigenvalue weighted by Crippen LogP contribution is 2.51. The van der Waals surface area contributed by atoms with Gasteiger partial charge in [-0.2, -0.15) is 0 Å². The maximum atomic E-state index is 9.31. The van der Waals surface area contributed by atoms with Gasteiger partial charge < -0.3 is 13.3 Å². The number of hydrogen-bond donors (Lipinski definition) is 0. The Morgan fingerprint density at radius 1 is 0.213 bits per heavy atom. The lowest BCUT2D eigenvalue weighted by Gasteiger charge is -2.18. The normalized spacial score (nSPS) is 15.8. The fourth-order valence-corrected chi connectivity index (χ4v) is 17.7. The minimum Gasteiger partial charge on any atom is -0.456 e. The summed E-state index contributed by atoms with van der Waals surface area (Å²) < 4.78 is 319. The van der Waals surface area contributed by atoms with Crippen molar-refractivity contribution in [2.75, 3.05) is 0 Å². The standard InChI is InChI=1S/C46H28O.C37H24O.C36H28O/c1-2-13-30(14-3-1)44-34-17-6-8-19-36(34)45(37-20-9-7-18-35(37)44)32-26-27-42-41(28-32)40-23-11-22-39(46(40)47-42)38-21-10-15-31-25-24-29-12-4-5-16-33(29)43(31)38;1-23-9-8-16-32-33-22-27(19-20-34(33)38-37(23)32)36-30-14-6-4-12-28(30)35(29-13-5-7-15-31(29)36)26-18-17-24-10-2-3-11-25(24)21-26;1-36(2,3)31-19-11-18-29-30-22-24(20-21-32(30)37-35(29)31)34-27-16-9-7-14-25(27)33(23-12-5-4-6-13-23)26-15-8-10-17-28(26)34/h1-28H;2-22H,1H3;4-22H,1-3H3/i1D,2D,3D,6D,7D,8D,9D,13D,14D,17D,18D,19D,20D;4D,5D,6D,7D,12D,13D,14D,15D;4D,5D,6D,7D,8D,9D,10D,12D,13D,14D,15D,16D,17D. The van der Waals surface area contributed by atoms with Gasteiger partial charge in [-0.25, -0.2) is 0 Å². The van der Waals surface area contributed by atoms with Crippen molar-refractivity contribution >= 4 is 163 Å². The smallest absolute Gasteiger partial charge is 0.143 e. The zero-order valence-electron chi connectivity index (χ0n) is 99.4. The van der Waals surface area contributed by atoms with Crippen LogP contribution >= 0.6 is 0 Å². The van der Waals surface area contributed by atoms with Gasteiger partial charge in [0.2, 0.25) is 0 Å². The van der Waals surface area contributed by atoms with Crippen LogP contribution in [0.2, 0.25) is 0 Å². The molecule has 574 valence electrons. The molecular formula is C119H80O3. The number of hydrogen-bond acceptors (Lipinski definition) is 3. The summed E-state index contributed by atoms with van der Waals surface area (Å²) in [5, 5.41) is 9.86. The largest absolute Gasteiger partial charge is 0.456 e. The van der Waals surface area contributed by atoms with Crippen LogP contribution in [0.3, 0.4) is 0 Å². The molecule has 0 bridgehead atoms. The fourth-order valence-electron chi connectivity index (χ4n) is 17.7. The summed E-state index contributed by atoms with van der Waals surface area (Å²) in [6.45, 7) is 8.16. The van der Waals surface area contributed by atoms with Crippen molar-refractivity contribution in [2.45, 2.75) is 33.1 Å². The maximum Gasteiger partial charge on any atom is 0.143 e. The summed E-state index contributed by atoms with van der Waals surface area (Å²) in [5.74, 6) is 0. The fraction of sp³-hybridized carbons (Fsp3) is 0.0420. The second kappa shape index (κ2) is 29.0. The molecule has 0 atom stereocenters. The van der Waals surface area contributed by atoms with Gasteiger partial charge in [-0.15, -0.1) is 0 Å². The third kappa shape index (κ3) is 11.9. The minimum absolute atomic E-state index is 0.0584. The molecule has 0 spiro atoms. The molecule has 0 amide bonds. The Kier molecular flexibility index (Phi) is 10.7. The van der Waals surface area contributed by atoms with Gasteiger partial charge in [0.05, 0.1) is 46.6 Å². The second-order valence-electron chi connectivity index (χ2n) is 31.0. The van der Waals surface area contributed by atoms with Crippen LogP contribution in [-0.4, -0.2) is 0 Å². The van der Waals surface area contributed by atoms with E-state index in [9.17, 15) is 11.0 Å². The Morgan fingerprint density at radius 3 is 0.984 bits per heavy atom. The van der Waals surface area contributed by atoms with E-state index in [0.29, 0.717) is 72.1 Å². The first-order valence-electron chi connectivity index (χ1n) is 56.5. The Labute approximate surface area is 753 Å². The van der Waals surface area contributed by atoms with Crippen LogP contribution in [0.5, 0.6) is 0 Å². The summed E-state index contributed by atoms with van der Waals surface area (Å²) in [6, 6.07) is 45.6. The molecule has 3 nitrogen and oxygen atoms in total. The quantitative estimate of drug-likeness (QED) is 0.118. The van der Waals surface area contributed by atoms with Gasteiger partial charge in [-0.1, -0.05) is 390 Å². The third-order valence-corrected chi connectivity index (χ3v) is 23.1. The van der Waals surface area contributed by atoms with Crippen LogP contribution < -0.4 is 0 Å². The third-order valence-electron chi connectivity index (χ3n) is 23.1. The highest BCUT2D eigenvalue weighted by molar-refractivity contribution is 6.27. The molecule has 0 N–H and O–H groups in total. The van der Waals surface area contributed by atoms with Crippen molar-refractivity contribution < 1.29 is 59.9 Å². The van der Waals surface area contributed by atoms with Gasteiger partial charge in [0.15, 0.2) is 0 Å². The molecule has 0 aliphatic carbocycles. The molecule has 0 saturated carbocycles. The predicted octanol–water partition coefficient (Wildman–Crippen LogP) is 34.4. The Hall–Kier alpha value is -15.4. The SMILES string of the molecule is [2H]c1c([2H])c([2H])c(-c2c3c([2H])c([2H])c([2H])c([2H])c3c(-c3ccc4oc5c(-c6cccc7ccc8ccccc8c67)cccc5c4c3)c3c([2H])c([2H])c([2H])c([2H])c23)c([2H])c1[2H].[2H]c1c([2H])c([2H])c(-c2c3c([2H])c([2H])c([2H])c([2H])c3c(-c3ccc4oc5c(C(C)(C)C)cccc5c4c3)c3c([2H])c([2H])c([2H])c([2H])c23)c([2H])c1[2H].[2H]c1c([2H])c([2H])c2c(-c3ccc4oc5c(C)cccc5c4c3)c3c([2H])c([2H])c([2H])c([2H])c3c(-c3ccc4ccccc4c3)c2c1[2H]. The molecule has 25 rings (SSSR count). The summed E-state index contributed by atoms with van der Waals surface area (Å²) >= 11 is 0. The molecule has 0 aliphatic rings. The maximum absolute atomic E-state index is 9.31. The van der Waals surface area contributed by atoms with E-state index in [1.165, 1.54) is 0 Å². The highest BCUT2D eigenvalue weighted by Gasteiger charge is 2.26. The van der Waals surface area contributed by atoms with Crippen molar-refractivity contribution in [1.82, 2.24) is 0 Å². The van der Waals surface area contributed by atoms with Gasteiger partial charge in [-0.05, 0) is 230 Å². The first-order valence-corrected chi connectivity index (χ1v) is 39.5. The Morgan fingerprint density at radius 2 is 0.525 bits per heavy atom. The van der Waals surface area contributed by atoms with E-state index in [0.717, 1.165) is 81.7 Å². The lowest BCUT2D eigenvalue weighted by Crippen LogP contribution is -2.10. The molecule has 122 heavy (non-hydrogen) atoms. The number of aryl methyl sites for hydroxylation is 1. The summed E-state index contributed by atoms with van der Waals surface area (Å²) in [5.41, 5.74) is 8.25. The van der Waals surface area contributed by atoms with E-state index in [2.05, 4.69) is 57.2 Å². The van der Waals surface area contributed by atoms with Crippen molar-refractivity contribution in [3.05, 3.63) is 423 Å². The van der Waals surface area contributed by atoms with Gasteiger partial charge in [0.1, 0.15) is 33.5 Å². The Balaban J connectivity index is 0.000000128. The molecule has 0 unspecified atom stereocenters. The van der Waals surface area contributed by atoms with E-state index < -0.39 is 192 Å². The van der Waals surface area contributed by atoms with Gasteiger partial charge >= 0.3 is 0 Å². The van der Waals surface area contributed by atoms with E-state index in [1.54, 1.807) is 48.5 Å². The lowest BCUT2D eigenvalue weighted by atomic mass is 9.85. The molecule has 3 heteroatoms. The average Bonchev–Trinajstić information content (AvgIpc) is 0.770. The molecule has 0 aliphatic heterocycles. The first-order chi connectivity index (χ1) is 74.2. The second-order valence-corrected chi connectivity index (χ2v) is 31.0. The van der Waals surface area contributed by atoms with Crippen LogP contribution in [0, 0.1) is 6.92 Å². The lowest BCUT2D eigenvalue weighted by molar-refractivity contribution is 0.573. The number of para-hydroxylation sites is 3. The monoisotopic (exact) mass is 1590 g/mol. The van der Waals surface area contributed by atoms with E-state index in [4.69, 9.17) is 48.9 Å². The molecule has 0 saturated heterocycles. The zero-order chi connectivity index (χ0) is 111. The summed E-state index contributed by atoms with van der Waals surface area (Å²) in [7, 11) is 0. The van der Waals surface area contributed by atoms with Crippen LogP contribution in [0.15, 0.2) is 425 Å². The van der Waals surface area contributed by atoms with Crippen LogP contribution in [0.4, 0.5) is 0 Å². The van der Waals surface area contributed by atoms with Gasteiger partial charge in [0, 0.05) is 43.4 Å². The predicted molar refractivity (Wildman–Crippen MR) is 520 cm³/mol. The topological polar surface area (TPSA) is 39.4 Å². The van der Waals surface area contributed by atoms with Crippen LogP contribution in [-0.2, 0) is 5.41 Å². The van der Waals surface area contributed by atoms with Crippen molar-refractivity contribution in [2.24, 2.45) is 0 Å². The summed E-state index contributed by atoms with van der Waals surface area (Å²) in [4.78, 5) is 0. The molecule has 0 fully saturated rings. The van der Waals surface area contributed by atoms with Gasteiger partial charge in [-0.3, -0.25) is 0 Å². The van der Waals surface area contributed by atoms with Crippen LogP contribution in [0.25, 0.3) is 241 Å². The minimum atomic E-state index is -0.716. The Bertz CT molecular complexity index is 10500. The molecule has 3 aromatic heterocycles. The van der Waals surface area contributed by atoms with Crippen molar-refractivity contribution in [1.29, 1.82) is 0 Å². The molecule has 3 heterocycles. The highest BCUT2D eigenvalue weighted by atomic mass is 16.3. The van der Waals surface area contributed by atoms with Crippen LogP contribution in [0.1, 0.15) is 78.5 Å². The number of fused-ring (bicyclic) bond motifs is 19.